The molecule has 32 heavy (non-hydrogen) atoms. The lowest BCUT2D eigenvalue weighted by Gasteiger charge is -2.25. The fourth-order valence-corrected chi connectivity index (χ4v) is 3.74. The van der Waals surface area contributed by atoms with E-state index in [-0.39, 0.29) is 22.6 Å². The molecule has 1 fully saturated rings. The van der Waals surface area contributed by atoms with E-state index in [2.05, 4.69) is 0 Å². The molecule has 1 saturated heterocycles. The lowest BCUT2D eigenvalue weighted by molar-refractivity contribution is -0.132. The Kier molecular flexibility index (Phi) is 5.47. The Morgan fingerprint density at radius 1 is 0.875 bits per heavy atom. The number of rotatable bonds is 5. The Morgan fingerprint density at radius 3 is 2.19 bits per heavy atom. The smallest absolute Gasteiger partial charge is 0.335 e. The molecule has 7 nitrogen and oxygen atoms in total. The Morgan fingerprint density at radius 2 is 1.56 bits per heavy atom. The molecule has 1 aliphatic heterocycles. The summed E-state index contributed by atoms with van der Waals surface area (Å²) in [4.78, 5) is 38.8. The molecule has 3 aromatic carbocycles. The van der Waals surface area contributed by atoms with Crippen LogP contribution in [0.25, 0.3) is 5.76 Å². The number of aliphatic hydroxyl groups is 1. The predicted molar refractivity (Wildman–Crippen MR) is 118 cm³/mol. The maximum Gasteiger partial charge on any atom is 0.335 e. The van der Waals surface area contributed by atoms with Crippen molar-refractivity contribution in [1.82, 2.24) is 0 Å². The third-order valence-corrected chi connectivity index (χ3v) is 5.29. The van der Waals surface area contributed by atoms with Crippen molar-refractivity contribution in [3.05, 3.63) is 101 Å². The van der Waals surface area contributed by atoms with Crippen LogP contribution in [0.2, 0.25) is 0 Å². The number of carbonyl (C=O) groups excluding carboxylic acids is 2. The van der Waals surface area contributed by atoms with Gasteiger partial charge in [0.1, 0.15) is 11.5 Å². The molecule has 0 aliphatic carbocycles. The molecule has 7 heteroatoms. The molecule has 4 rings (SSSR count). The molecule has 0 unspecified atom stereocenters. The Balaban J connectivity index is 1.92. The lowest BCUT2D eigenvalue weighted by Crippen LogP contribution is -2.29. The van der Waals surface area contributed by atoms with Crippen LogP contribution in [0, 0.1) is 0 Å². The highest BCUT2D eigenvalue weighted by molar-refractivity contribution is 6.51. The fourth-order valence-electron chi connectivity index (χ4n) is 3.74. The van der Waals surface area contributed by atoms with Crippen molar-refractivity contribution in [3.63, 3.8) is 0 Å². The number of hydrogen-bond donors (Lipinski definition) is 2. The number of hydrogen-bond acceptors (Lipinski definition) is 5. The highest BCUT2D eigenvalue weighted by atomic mass is 16.5. The first-order valence-corrected chi connectivity index (χ1v) is 9.76. The molecule has 1 atom stereocenters. The topological polar surface area (TPSA) is 104 Å². The molecule has 0 aromatic heterocycles. The number of carboxylic acids is 1. The first kappa shape index (κ1) is 20.9. The van der Waals surface area contributed by atoms with Crippen molar-refractivity contribution in [3.8, 4) is 5.75 Å². The summed E-state index contributed by atoms with van der Waals surface area (Å²) in [6, 6.07) is 20.1. The van der Waals surface area contributed by atoms with E-state index in [9.17, 15) is 24.6 Å². The van der Waals surface area contributed by atoms with Crippen LogP contribution in [0.3, 0.4) is 0 Å². The first-order chi connectivity index (χ1) is 15.4. The van der Waals surface area contributed by atoms with E-state index in [1.165, 1.54) is 30.2 Å². The predicted octanol–water partition coefficient (Wildman–Crippen LogP) is 4.02. The molecule has 0 spiro atoms. The van der Waals surface area contributed by atoms with Gasteiger partial charge in [-0.2, -0.15) is 0 Å². The van der Waals surface area contributed by atoms with Gasteiger partial charge in [-0.3, -0.25) is 14.5 Å². The minimum atomic E-state index is -1.15. The monoisotopic (exact) mass is 429 g/mol. The highest BCUT2D eigenvalue weighted by Crippen LogP contribution is 2.42. The zero-order chi connectivity index (χ0) is 22.8. The molecule has 1 heterocycles. The minimum Gasteiger partial charge on any atom is -0.507 e. The van der Waals surface area contributed by atoms with Gasteiger partial charge in [0.2, 0.25) is 0 Å². The lowest BCUT2D eigenvalue weighted by atomic mass is 9.95. The van der Waals surface area contributed by atoms with E-state index in [0.717, 1.165) is 0 Å². The molecule has 3 aromatic rings. The number of aliphatic hydroxyl groups excluding tert-OH is 1. The Hall–Kier alpha value is -4.39. The third-order valence-electron chi connectivity index (χ3n) is 5.29. The maximum absolute atomic E-state index is 13.1. The minimum absolute atomic E-state index is 0.0219. The van der Waals surface area contributed by atoms with Gasteiger partial charge in [0.05, 0.1) is 24.3 Å². The largest absolute Gasteiger partial charge is 0.507 e. The number of methoxy groups -OCH3 is 1. The van der Waals surface area contributed by atoms with Crippen LogP contribution >= 0.6 is 0 Å². The van der Waals surface area contributed by atoms with Gasteiger partial charge in [0.25, 0.3) is 11.7 Å². The average Bonchev–Trinajstić information content (AvgIpc) is 3.09. The standard InChI is InChI=1S/C25H19NO6/c1-32-19-12-10-16(11-13-19)22(27)20-21(15-6-3-2-4-7-15)26(24(29)23(20)28)18-9-5-8-17(14-18)25(30)31/h2-14,21,27H,1H3,(H,30,31)/b22-20+/t21-/m0/s1. The number of ether oxygens (including phenoxy) is 1. The van der Waals surface area contributed by atoms with E-state index >= 15 is 0 Å². The van der Waals surface area contributed by atoms with Gasteiger partial charge in [0, 0.05) is 11.3 Å². The number of amides is 1. The van der Waals surface area contributed by atoms with Gasteiger partial charge in [-0.05, 0) is 48.0 Å². The van der Waals surface area contributed by atoms with Crippen LogP contribution in [0.15, 0.2) is 84.4 Å². The van der Waals surface area contributed by atoms with Gasteiger partial charge in [-0.1, -0.05) is 36.4 Å². The van der Waals surface area contributed by atoms with E-state index in [4.69, 9.17) is 4.74 Å². The SMILES string of the molecule is COc1ccc(/C(O)=C2\C(=O)C(=O)N(c3cccc(C(=O)O)c3)[C@H]2c2ccccc2)cc1. The number of ketones is 1. The van der Waals surface area contributed by atoms with Crippen LogP contribution in [0.1, 0.15) is 27.5 Å². The summed E-state index contributed by atoms with van der Waals surface area (Å²) in [7, 11) is 1.51. The van der Waals surface area contributed by atoms with Crippen LogP contribution in [-0.2, 0) is 9.59 Å². The van der Waals surface area contributed by atoms with Gasteiger partial charge >= 0.3 is 5.97 Å². The van der Waals surface area contributed by atoms with Crippen molar-refractivity contribution in [1.29, 1.82) is 0 Å². The summed E-state index contributed by atoms with van der Waals surface area (Å²) < 4.78 is 5.13. The average molecular weight is 429 g/mol. The molecular weight excluding hydrogens is 410 g/mol. The first-order valence-electron chi connectivity index (χ1n) is 9.76. The normalized spacial score (nSPS) is 17.4. The van der Waals surface area contributed by atoms with Gasteiger partial charge in [-0.15, -0.1) is 0 Å². The number of carboxylic acid groups (broad SMARTS) is 1. The number of nitrogens with zero attached hydrogens (tertiary/aromatic N) is 1. The summed E-state index contributed by atoms with van der Waals surface area (Å²) in [5.74, 6) is -2.61. The van der Waals surface area contributed by atoms with Gasteiger partial charge < -0.3 is 14.9 Å². The van der Waals surface area contributed by atoms with Crippen molar-refractivity contribution >= 4 is 29.1 Å². The molecule has 0 radical (unpaired) electrons. The zero-order valence-electron chi connectivity index (χ0n) is 17.1. The summed E-state index contributed by atoms with van der Waals surface area (Å²) >= 11 is 0. The number of aromatic carboxylic acids is 1. The summed E-state index contributed by atoms with van der Waals surface area (Å²) in [5.41, 5.74) is 1.10. The van der Waals surface area contributed by atoms with Crippen molar-refractivity contribution in [2.45, 2.75) is 6.04 Å². The van der Waals surface area contributed by atoms with Crippen LogP contribution in [-0.4, -0.2) is 35.0 Å². The molecule has 1 aliphatic rings. The molecule has 160 valence electrons. The fraction of sp³-hybridized carbons (Fsp3) is 0.0800. The number of carbonyl (C=O) groups is 3. The van der Waals surface area contributed by atoms with E-state index in [1.807, 2.05) is 0 Å². The molecular formula is C25H19NO6. The van der Waals surface area contributed by atoms with E-state index in [1.54, 1.807) is 60.7 Å². The Labute approximate surface area is 183 Å². The maximum atomic E-state index is 13.1. The van der Waals surface area contributed by atoms with Crippen molar-refractivity contribution < 1.29 is 29.3 Å². The van der Waals surface area contributed by atoms with Gasteiger partial charge in [-0.25, -0.2) is 4.79 Å². The quantitative estimate of drug-likeness (QED) is 0.361. The number of anilines is 1. The number of Topliss-reactive ketones (excluding diaryl/α,β-unsaturated/α-hetero) is 1. The molecule has 0 saturated carbocycles. The Bertz CT molecular complexity index is 1230. The zero-order valence-corrected chi connectivity index (χ0v) is 17.1. The number of benzene rings is 3. The van der Waals surface area contributed by atoms with Crippen molar-refractivity contribution in [2.24, 2.45) is 0 Å². The van der Waals surface area contributed by atoms with Crippen LogP contribution in [0.5, 0.6) is 5.75 Å². The second kappa shape index (κ2) is 8.39. The summed E-state index contributed by atoms with van der Waals surface area (Å²) in [6.45, 7) is 0. The third kappa shape index (κ3) is 3.60. The second-order valence-electron chi connectivity index (χ2n) is 7.16. The van der Waals surface area contributed by atoms with Gasteiger partial charge in [0.15, 0.2) is 0 Å². The van der Waals surface area contributed by atoms with E-state index < -0.39 is 23.7 Å². The summed E-state index contributed by atoms with van der Waals surface area (Å²) in [6.07, 6.45) is 0. The molecule has 2 N–H and O–H groups in total. The molecule has 0 bridgehead atoms. The second-order valence-corrected chi connectivity index (χ2v) is 7.16. The van der Waals surface area contributed by atoms with Crippen LogP contribution < -0.4 is 9.64 Å². The summed E-state index contributed by atoms with van der Waals surface area (Å²) in [5, 5.41) is 20.4. The van der Waals surface area contributed by atoms with Crippen molar-refractivity contribution in [2.75, 3.05) is 12.0 Å². The highest BCUT2D eigenvalue weighted by Gasteiger charge is 2.47. The van der Waals surface area contributed by atoms with E-state index in [0.29, 0.717) is 16.9 Å². The molecule has 1 amide bonds. The van der Waals surface area contributed by atoms with Crippen LogP contribution in [0.4, 0.5) is 5.69 Å².